The summed E-state index contributed by atoms with van der Waals surface area (Å²) in [6.45, 7) is 4.13. The number of alkyl halides is 1. The zero-order chi connectivity index (χ0) is 12.2. The minimum atomic E-state index is -0.382. The van der Waals surface area contributed by atoms with Crippen LogP contribution in [0.5, 0.6) is 0 Å². The van der Waals surface area contributed by atoms with Crippen LogP contribution in [0.15, 0.2) is 5.11 Å². The molecule has 0 radical (unpaired) electrons. The first-order valence-electron chi connectivity index (χ1n) is 6.09. The van der Waals surface area contributed by atoms with Gasteiger partial charge in [-0.2, -0.15) is 0 Å². The molecule has 0 aliphatic carbocycles. The number of hydrogen-bond acceptors (Lipinski definition) is 2. The van der Waals surface area contributed by atoms with E-state index in [1.807, 2.05) is 13.8 Å². The summed E-state index contributed by atoms with van der Waals surface area (Å²) in [7, 11) is 0. The van der Waals surface area contributed by atoms with Crippen molar-refractivity contribution >= 4 is 0 Å². The molecule has 0 bridgehead atoms. The van der Waals surface area contributed by atoms with Crippen molar-refractivity contribution in [2.75, 3.05) is 13.2 Å². The molecule has 2 unspecified atom stereocenters. The molecule has 2 atom stereocenters. The largest absolute Gasteiger partial charge is 0.372 e. The number of halogens is 1. The molecule has 16 heavy (non-hydrogen) atoms. The van der Waals surface area contributed by atoms with Gasteiger partial charge in [-0.25, -0.2) is 4.39 Å². The highest BCUT2D eigenvalue weighted by atomic mass is 18.2. The molecule has 94 valence electrons. The van der Waals surface area contributed by atoms with Gasteiger partial charge in [-0.15, -0.1) is 0 Å². The molecule has 0 spiro atoms. The molecule has 4 nitrogen and oxygen atoms in total. The molecule has 0 aromatic carbocycles. The number of azide groups is 1. The first-order valence-corrected chi connectivity index (χ1v) is 6.09. The van der Waals surface area contributed by atoms with E-state index < -0.39 is 0 Å². The van der Waals surface area contributed by atoms with E-state index in [-0.39, 0.29) is 18.9 Å². The van der Waals surface area contributed by atoms with Crippen molar-refractivity contribution in [2.45, 2.75) is 58.2 Å². The topological polar surface area (TPSA) is 58.0 Å². The van der Waals surface area contributed by atoms with Gasteiger partial charge in [0.05, 0.1) is 12.2 Å². The van der Waals surface area contributed by atoms with Gasteiger partial charge in [-0.1, -0.05) is 19.0 Å². The van der Waals surface area contributed by atoms with Crippen LogP contribution in [0.3, 0.4) is 0 Å². The minimum Gasteiger partial charge on any atom is -0.372 e. The minimum absolute atomic E-state index is 0.165. The lowest BCUT2D eigenvalue weighted by molar-refractivity contribution is -0.0622. The molecular formula is C11H22FN3O. The van der Waals surface area contributed by atoms with Gasteiger partial charge in [0, 0.05) is 11.5 Å². The van der Waals surface area contributed by atoms with Gasteiger partial charge in [-0.05, 0) is 37.6 Å². The maximum atomic E-state index is 12.3. The molecule has 0 amide bonds. The monoisotopic (exact) mass is 230 g/mol. The van der Waals surface area contributed by atoms with Crippen molar-refractivity contribution in [3.63, 3.8) is 0 Å². The molecule has 5 heteroatoms. The molecule has 0 aromatic rings. The van der Waals surface area contributed by atoms with E-state index in [1.165, 1.54) is 0 Å². The average Bonchev–Trinajstić information content (AvgIpc) is 2.37. The molecule has 1 aliphatic rings. The molecule has 0 saturated carbocycles. The molecule has 1 rings (SSSR count). The number of hydrogen-bond donors (Lipinski definition) is 0. The predicted octanol–water partition coefficient (Wildman–Crippen LogP) is 4.01. The summed E-state index contributed by atoms with van der Waals surface area (Å²) in [6, 6.07) is 0. The molecule has 0 aromatic heterocycles. The summed E-state index contributed by atoms with van der Waals surface area (Å²) >= 11 is 0. The Morgan fingerprint density at radius 3 is 2.69 bits per heavy atom. The maximum absolute atomic E-state index is 12.3. The second-order valence-corrected chi connectivity index (χ2v) is 3.56. The first-order chi connectivity index (χ1) is 7.86. The second-order valence-electron chi connectivity index (χ2n) is 3.56. The zero-order valence-corrected chi connectivity index (χ0v) is 10.2. The van der Waals surface area contributed by atoms with Crippen molar-refractivity contribution in [1.82, 2.24) is 0 Å². The highest BCUT2D eigenvalue weighted by Gasteiger charge is 2.21. The highest BCUT2D eigenvalue weighted by Crippen LogP contribution is 2.22. The van der Waals surface area contributed by atoms with Crippen LogP contribution < -0.4 is 0 Å². The lowest BCUT2D eigenvalue weighted by Gasteiger charge is -2.28. The van der Waals surface area contributed by atoms with Crippen LogP contribution in [0.4, 0.5) is 4.39 Å². The number of ether oxygens (including phenoxy) is 1. The quantitative estimate of drug-likeness (QED) is 0.304. The summed E-state index contributed by atoms with van der Waals surface area (Å²) in [5.74, 6) is 0. The predicted molar refractivity (Wildman–Crippen MR) is 63.1 cm³/mol. The van der Waals surface area contributed by atoms with Crippen LogP contribution in [-0.4, -0.2) is 25.4 Å². The van der Waals surface area contributed by atoms with Gasteiger partial charge in [0.2, 0.25) is 0 Å². The third kappa shape index (κ3) is 6.64. The SMILES string of the molecule is CC.[N-]=[N+]=NCCCC1CCCC(C[18F])O1. The summed E-state index contributed by atoms with van der Waals surface area (Å²) in [5.41, 5.74) is 8.06. The van der Waals surface area contributed by atoms with E-state index in [0.29, 0.717) is 6.54 Å². The van der Waals surface area contributed by atoms with Crippen molar-refractivity contribution in [3.8, 4) is 0 Å². The standard InChI is InChI=1S/C9H16FN3O.C2H6/c10-7-9-4-1-3-8(14-9)5-2-6-12-13-11;1-2/h8-9H,1-7H2;1-2H3/i10-1;. The van der Waals surface area contributed by atoms with E-state index in [9.17, 15) is 4.39 Å². The molecule has 0 N–H and O–H groups in total. The molecular weight excluding hydrogens is 208 g/mol. The Labute approximate surface area is 96.8 Å². The Morgan fingerprint density at radius 1 is 1.38 bits per heavy atom. The molecule has 1 heterocycles. The van der Waals surface area contributed by atoms with Crippen LogP contribution in [0.1, 0.15) is 46.0 Å². The van der Waals surface area contributed by atoms with Crippen molar-refractivity contribution in [1.29, 1.82) is 0 Å². The normalized spacial score (nSPS) is 23.9. The van der Waals surface area contributed by atoms with Gasteiger partial charge < -0.3 is 4.74 Å². The van der Waals surface area contributed by atoms with Crippen LogP contribution >= 0.6 is 0 Å². The van der Waals surface area contributed by atoms with Crippen LogP contribution in [0.2, 0.25) is 0 Å². The molecule has 1 fully saturated rings. The smallest absolute Gasteiger partial charge is 0.116 e. The number of nitrogens with zero attached hydrogens (tertiary/aromatic N) is 3. The van der Waals surface area contributed by atoms with Crippen LogP contribution in [0.25, 0.3) is 10.4 Å². The third-order valence-electron chi connectivity index (χ3n) is 2.46. The first kappa shape index (κ1) is 15.2. The Bertz CT molecular complexity index is 207. The molecule has 1 saturated heterocycles. The van der Waals surface area contributed by atoms with Crippen molar-refractivity contribution in [2.24, 2.45) is 5.11 Å². The zero-order valence-electron chi connectivity index (χ0n) is 10.2. The van der Waals surface area contributed by atoms with Gasteiger partial charge >= 0.3 is 0 Å². The van der Waals surface area contributed by atoms with Gasteiger partial charge in [0.1, 0.15) is 6.67 Å². The van der Waals surface area contributed by atoms with E-state index in [4.69, 9.17) is 10.3 Å². The van der Waals surface area contributed by atoms with E-state index in [1.54, 1.807) is 0 Å². The highest BCUT2D eigenvalue weighted by molar-refractivity contribution is 4.70. The summed E-state index contributed by atoms with van der Waals surface area (Å²) in [4.78, 5) is 2.67. The maximum Gasteiger partial charge on any atom is 0.116 e. The summed E-state index contributed by atoms with van der Waals surface area (Å²) in [5, 5.41) is 3.45. The van der Waals surface area contributed by atoms with Gasteiger partial charge in [0.15, 0.2) is 0 Å². The summed E-state index contributed by atoms with van der Waals surface area (Å²) in [6.07, 6.45) is 4.55. The van der Waals surface area contributed by atoms with E-state index >= 15 is 0 Å². The van der Waals surface area contributed by atoms with Crippen molar-refractivity contribution < 1.29 is 9.13 Å². The Hall–Kier alpha value is -0.800. The van der Waals surface area contributed by atoms with Gasteiger partial charge in [-0.3, -0.25) is 0 Å². The Balaban J connectivity index is 0.00000106. The van der Waals surface area contributed by atoms with Gasteiger partial charge in [0.25, 0.3) is 0 Å². The molecule has 1 aliphatic heterocycles. The average molecular weight is 230 g/mol. The van der Waals surface area contributed by atoms with E-state index in [2.05, 4.69) is 10.0 Å². The van der Waals surface area contributed by atoms with Crippen LogP contribution in [-0.2, 0) is 4.74 Å². The summed E-state index contributed by atoms with van der Waals surface area (Å²) < 4.78 is 17.8. The van der Waals surface area contributed by atoms with Crippen molar-refractivity contribution in [3.05, 3.63) is 10.4 Å². The fourth-order valence-electron chi connectivity index (χ4n) is 1.74. The Kier molecular flexibility index (Phi) is 10.2. The van der Waals surface area contributed by atoms with Crippen LogP contribution in [0, 0.1) is 0 Å². The Morgan fingerprint density at radius 2 is 2.06 bits per heavy atom. The fraction of sp³-hybridized carbons (Fsp3) is 1.00. The third-order valence-corrected chi connectivity index (χ3v) is 2.46. The lowest BCUT2D eigenvalue weighted by Crippen LogP contribution is -2.29. The lowest BCUT2D eigenvalue weighted by atomic mass is 10.0. The fourth-order valence-corrected chi connectivity index (χ4v) is 1.74. The number of rotatable bonds is 5. The second kappa shape index (κ2) is 10.7. The van der Waals surface area contributed by atoms with E-state index in [0.717, 1.165) is 32.1 Å².